The Morgan fingerprint density at radius 3 is 2.50 bits per heavy atom. The maximum absolute atomic E-state index is 11.7. The molecule has 0 aliphatic heterocycles. The van der Waals surface area contributed by atoms with Crippen molar-refractivity contribution < 1.29 is 4.79 Å². The van der Waals surface area contributed by atoms with Crippen molar-refractivity contribution in [2.24, 2.45) is 0 Å². The highest BCUT2D eigenvalue weighted by molar-refractivity contribution is 5.78. The Labute approximate surface area is 96.3 Å². The van der Waals surface area contributed by atoms with Crippen LogP contribution in [0.5, 0.6) is 0 Å². The second kappa shape index (κ2) is 5.92. The average molecular weight is 216 g/mol. The Morgan fingerprint density at radius 2 is 2.00 bits per heavy atom. The molecular weight excluding hydrogens is 200 g/mol. The highest BCUT2D eigenvalue weighted by Crippen LogP contribution is 2.09. The van der Waals surface area contributed by atoms with Gasteiger partial charge in [0.05, 0.1) is 6.07 Å². The normalized spacial score (nSPS) is 9.88. The first-order valence-electron chi connectivity index (χ1n) is 5.35. The molecule has 0 aliphatic carbocycles. The lowest BCUT2D eigenvalue weighted by Gasteiger charge is -2.26. The van der Waals surface area contributed by atoms with Gasteiger partial charge >= 0.3 is 0 Å². The van der Waals surface area contributed by atoms with Gasteiger partial charge in [0.25, 0.3) is 0 Å². The molecule has 0 radical (unpaired) electrons. The third-order valence-electron chi connectivity index (χ3n) is 2.37. The predicted octanol–water partition coefficient (Wildman–Crippen LogP) is 2.34. The maximum atomic E-state index is 11.7. The average Bonchev–Trinajstić information content (AvgIpc) is 2.27. The zero-order chi connectivity index (χ0) is 12.0. The SMILES string of the molecule is CC(C)N(Cc1ccccc1)C(=O)CC#N. The van der Waals surface area contributed by atoms with Gasteiger partial charge in [-0.1, -0.05) is 30.3 Å². The van der Waals surface area contributed by atoms with E-state index in [2.05, 4.69) is 0 Å². The third kappa shape index (κ3) is 3.39. The highest BCUT2D eigenvalue weighted by Gasteiger charge is 2.16. The number of carbonyl (C=O) groups is 1. The molecule has 0 unspecified atom stereocenters. The van der Waals surface area contributed by atoms with Crippen molar-refractivity contribution in [3.05, 3.63) is 35.9 Å². The number of nitriles is 1. The first-order valence-corrected chi connectivity index (χ1v) is 5.35. The molecule has 0 bridgehead atoms. The molecule has 1 aromatic rings. The lowest BCUT2D eigenvalue weighted by molar-refractivity contribution is -0.132. The van der Waals surface area contributed by atoms with E-state index < -0.39 is 0 Å². The van der Waals surface area contributed by atoms with E-state index >= 15 is 0 Å². The molecule has 0 heterocycles. The molecule has 0 saturated carbocycles. The summed E-state index contributed by atoms with van der Waals surface area (Å²) >= 11 is 0. The molecule has 1 amide bonds. The van der Waals surface area contributed by atoms with E-state index in [-0.39, 0.29) is 18.4 Å². The first-order chi connectivity index (χ1) is 7.65. The van der Waals surface area contributed by atoms with Gasteiger partial charge < -0.3 is 4.90 Å². The van der Waals surface area contributed by atoms with Crippen molar-refractivity contribution >= 4 is 5.91 Å². The molecule has 3 nitrogen and oxygen atoms in total. The van der Waals surface area contributed by atoms with E-state index in [1.165, 1.54) is 0 Å². The van der Waals surface area contributed by atoms with Gasteiger partial charge in [0.2, 0.25) is 5.91 Å². The van der Waals surface area contributed by atoms with Gasteiger partial charge in [-0.25, -0.2) is 0 Å². The third-order valence-corrected chi connectivity index (χ3v) is 2.37. The second-order valence-electron chi connectivity index (χ2n) is 3.94. The van der Waals surface area contributed by atoms with Crippen molar-refractivity contribution in [1.82, 2.24) is 4.90 Å². The second-order valence-corrected chi connectivity index (χ2v) is 3.94. The standard InChI is InChI=1S/C13H16N2O/c1-11(2)15(13(16)8-9-14)10-12-6-4-3-5-7-12/h3-7,11H,8,10H2,1-2H3. The van der Waals surface area contributed by atoms with Gasteiger partial charge in [-0.15, -0.1) is 0 Å². The lowest BCUT2D eigenvalue weighted by atomic mass is 10.2. The summed E-state index contributed by atoms with van der Waals surface area (Å²) in [5.41, 5.74) is 1.09. The smallest absolute Gasteiger partial charge is 0.237 e. The molecule has 1 aromatic carbocycles. The summed E-state index contributed by atoms with van der Waals surface area (Å²) in [5, 5.41) is 8.54. The highest BCUT2D eigenvalue weighted by atomic mass is 16.2. The molecule has 0 fully saturated rings. The predicted molar refractivity (Wildman–Crippen MR) is 62.4 cm³/mol. The van der Waals surface area contributed by atoms with Gasteiger partial charge in [-0.05, 0) is 19.4 Å². The van der Waals surface area contributed by atoms with Gasteiger partial charge in [-0.3, -0.25) is 4.79 Å². The Hall–Kier alpha value is -1.82. The Kier molecular flexibility index (Phi) is 4.53. The fourth-order valence-electron chi connectivity index (χ4n) is 1.51. The van der Waals surface area contributed by atoms with E-state index in [1.54, 1.807) is 4.90 Å². The zero-order valence-corrected chi connectivity index (χ0v) is 9.68. The van der Waals surface area contributed by atoms with E-state index in [4.69, 9.17) is 5.26 Å². The van der Waals surface area contributed by atoms with Crippen molar-refractivity contribution in [2.75, 3.05) is 0 Å². The summed E-state index contributed by atoms with van der Waals surface area (Å²) in [6.07, 6.45) is -0.0506. The van der Waals surface area contributed by atoms with Crippen LogP contribution >= 0.6 is 0 Å². The van der Waals surface area contributed by atoms with Gasteiger partial charge in [0, 0.05) is 12.6 Å². The molecule has 3 heteroatoms. The monoisotopic (exact) mass is 216 g/mol. The summed E-state index contributed by atoms with van der Waals surface area (Å²) in [7, 11) is 0. The van der Waals surface area contributed by atoms with Crippen LogP contribution in [-0.4, -0.2) is 16.8 Å². The number of carbonyl (C=O) groups excluding carboxylic acids is 1. The van der Waals surface area contributed by atoms with Crippen LogP contribution in [0.25, 0.3) is 0 Å². The van der Waals surface area contributed by atoms with Crippen LogP contribution < -0.4 is 0 Å². The van der Waals surface area contributed by atoms with Crippen molar-refractivity contribution in [2.45, 2.75) is 32.9 Å². The van der Waals surface area contributed by atoms with Crippen molar-refractivity contribution in [1.29, 1.82) is 5.26 Å². The number of hydrogen-bond acceptors (Lipinski definition) is 2. The fraction of sp³-hybridized carbons (Fsp3) is 0.385. The lowest BCUT2D eigenvalue weighted by Crippen LogP contribution is -2.36. The summed E-state index contributed by atoms with van der Waals surface area (Å²) < 4.78 is 0. The number of benzene rings is 1. The summed E-state index contributed by atoms with van der Waals surface area (Å²) in [6, 6.07) is 11.8. The van der Waals surface area contributed by atoms with Crippen LogP contribution in [0.2, 0.25) is 0 Å². The molecule has 0 N–H and O–H groups in total. The summed E-state index contributed by atoms with van der Waals surface area (Å²) in [5.74, 6) is -0.110. The zero-order valence-electron chi connectivity index (χ0n) is 9.68. The largest absolute Gasteiger partial charge is 0.335 e. The van der Waals surface area contributed by atoms with Crippen molar-refractivity contribution in [3.8, 4) is 6.07 Å². The number of rotatable bonds is 4. The molecule has 16 heavy (non-hydrogen) atoms. The number of hydrogen-bond donors (Lipinski definition) is 0. The number of amides is 1. The molecule has 0 aliphatic rings. The molecule has 84 valence electrons. The van der Waals surface area contributed by atoms with Crippen LogP contribution in [-0.2, 0) is 11.3 Å². The van der Waals surface area contributed by atoms with Crippen LogP contribution in [0.1, 0.15) is 25.8 Å². The summed E-state index contributed by atoms with van der Waals surface area (Å²) in [4.78, 5) is 13.4. The minimum atomic E-state index is -0.110. The first kappa shape index (κ1) is 12.3. The van der Waals surface area contributed by atoms with Crippen LogP contribution in [0.15, 0.2) is 30.3 Å². The van der Waals surface area contributed by atoms with E-state index in [1.807, 2.05) is 50.2 Å². The molecule has 0 spiro atoms. The van der Waals surface area contributed by atoms with E-state index in [9.17, 15) is 4.79 Å². The van der Waals surface area contributed by atoms with E-state index in [0.717, 1.165) is 5.56 Å². The molecule has 0 atom stereocenters. The van der Waals surface area contributed by atoms with Gasteiger partial charge in [0.15, 0.2) is 0 Å². The molecule has 0 saturated heterocycles. The van der Waals surface area contributed by atoms with Crippen LogP contribution in [0.3, 0.4) is 0 Å². The maximum Gasteiger partial charge on any atom is 0.237 e. The van der Waals surface area contributed by atoms with Gasteiger partial charge in [0.1, 0.15) is 6.42 Å². The van der Waals surface area contributed by atoms with Crippen LogP contribution in [0.4, 0.5) is 0 Å². The Balaban J connectivity index is 2.73. The number of nitrogens with zero attached hydrogens (tertiary/aromatic N) is 2. The van der Waals surface area contributed by atoms with Gasteiger partial charge in [-0.2, -0.15) is 5.26 Å². The van der Waals surface area contributed by atoms with Crippen LogP contribution in [0, 0.1) is 11.3 Å². The molecule has 0 aromatic heterocycles. The molecule has 1 rings (SSSR count). The summed E-state index contributed by atoms with van der Waals surface area (Å²) in [6.45, 7) is 4.48. The Bertz CT molecular complexity index is 379. The Morgan fingerprint density at radius 1 is 1.38 bits per heavy atom. The van der Waals surface area contributed by atoms with E-state index in [0.29, 0.717) is 6.54 Å². The molecular formula is C13H16N2O. The topological polar surface area (TPSA) is 44.1 Å². The minimum absolute atomic E-state index is 0.0506. The fourth-order valence-corrected chi connectivity index (χ4v) is 1.51. The quantitative estimate of drug-likeness (QED) is 0.775. The van der Waals surface area contributed by atoms with Crippen molar-refractivity contribution in [3.63, 3.8) is 0 Å². The minimum Gasteiger partial charge on any atom is -0.335 e.